The van der Waals surface area contributed by atoms with Crippen LogP contribution >= 0.6 is 11.3 Å². The number of fused-ring (bicyclic) bond motifs is 1. The molecule has 9 heteroatoms. The third-order valence-corrected chi connectivity index (χ3v) is 4.86. The van der Waals surface area contributed by atoms with Crippen LogP contribution in [0, 0.1) is 13.8 Å². The van der Waals surface area contributed by atoms with Crippen molar-refractivity contribution in [2.75, 3.05) is 5.32 Å². The summed E-state index contributed by atoms with van der Waals surface area (Å²) in [7, 11) is 0. The van der Waals surface area contributed by atoms with Crippen molar-refractivity contribution in [1.29, 1.82) is 0 Å². The Morgan fingerprint density at radius 2 is 1.83 bits per heavy atom. The molecule has 2 aromatic heterocycles. The molecule has 1 amide bonds. The second-order valence-electron chi connectivity index (χ2n) is 5.63. The summed E-state index contributed by atoms with van der Waals surface area (Å²) in [5.74, 6) is -0.847. The van der Waals surface area contributed by atoms with E-state index < -0.39 is 17.8 Å². The Hall–Kier alpha value is -2.03. The molecule has 5 nitrogen and oxygen atoms in total. The molecule has 3 rings (SSSR count). The third kappa shape index (κ3) is 3.26. The Morgan fingerprint density at radius 3 is 2.46 bits per heavy atom. The highest BCUT2D eigenvalue weighted by atomic mass is 32.1. The van der Waals surface area contributed by atoms with E-state index in [1.54, 1.807) is 13.8 Å². The van der Waals surface area contributed by atoms with Crippen molar-refractivity contribution >= 4 is 23.2 Å². The summed E-state index contributed by atoms with van der Waals surface area (Å²) in [6.45, 7) is 3.43. The van der Waals surface area contributed by atoms with Gasteiger partial charge in [-0.25, -0.2) is 15.0 Å². The predicted molar refractivity (Wildman–Crippen MR) is 83.2 cm³/mol. The summed E-state index contributed by atoms with van der Waals surface area (Å²) in [6, 6.07) is 0. The van der Waals surface area contributed by atoms with Gasteiger partial charge in [0.15, 0.2) is 5.69 Å². The molecule has 0 atom stereocenters. The first-order valence-electron chi connectivity index (χ1n) is 7.48. The van der Waals surface area contributed by atoms with E-state index in [2.05, 4.69) is 20.3 Å². The largest absolute Gasteiger partial charge is 0.433 e. The van der Waals surface area contributed by atoms with Crippen LogP contribution in [0.25, 0.3) is 0 Å². The number of amides is 1. The molecular formula is C15H15F3N4OS. The van der Waals surface area contributed by atoms with Gasteiger partial charge in [0.25, 0.3) is 5.91 Å². The minimum atomic E-state index is -4.57. The number of nitrogens with one attached hydrogen (secondary N) is 1. The van der Waals surface area contributed by atoms with Gasteiger partial charge in [-0.3, -0.25) is 10.1 Å². The van der Waals surface area contributed by atoms with Crippen LogP contribution in [-0.4, -0.2) is 20.9 Å². The van der Waals surface area contributed by atoms with E-state index in [-0.39, 0.29) is 11.5 Å². The Balaban J connectivity index is 1.96. The Morgan fingerprint density at radius 1 is 1.12 bits per heavy atom. The van der Waals surface area contributed by atoms with Crippen LogP contribution in [0.3, 0.4) is 0 Å². The van der Waals surface area contributed by atoms with Gasteiger partial charge in [-0.2, -0.15) is 13.2 Å². The van der Waals surface area contributed by atoms with Crippen molar-refractivity contribution in [2.45, 2.75) is 45.7 Å². The number of aryl methyl sites for hydroxylation is 3. The van der Waals surface area contributed by atoms with Gasteiger partial charge in [0.2, 0.25) is 5.95 Å². The molecule has 0 aliphatic heterocycles. The molecule has 24 heavy (non-hydrogen) atoms. The van der Waals surface area contributed by atoms with Gasteiger partial charge >= 0.3 is 6.18 Å². The standard InChI is InChI=1S/C15H15F3N4OS/c1-7-11(24-8(2)19-7)13(23)22-14-20-10-6-4-3-5-9(10)12(21-14)15(16,17)18/h3-6H2,1-2H3,(H,20,21,22,23). The zero-order valence-electron chi connectivity index (χ0n) is 13.1. The molecule has 0 saturated carbocycles. The summed E-state index contributed by atoms with van der Waals surface area (Å²) in [4.78, 5) is 24.5. The molecule has 0 fully saturated rings. The number of hydrogen-bond donors (Lipinski definition) is 1. The molecule has 0 unspecified atom stereocenters. The van der Waals surface area contributed by atoms with E-state index in [9.17, 15) is 18.0 Å². The van der Waals surface area contributed by atoms with Gasteiger partial charge in [0, 0.05) is 11.3 Å². The SMILES string of the molecule is Cc1nc(C)c(C(=O)Nc2nc3c(c(C(F)(F)F)n2)CCCC3)s1. The molecule has 0 aromatic carbocycles. The zero-order valence-corrected chi connectivity index (χ0v) is 13.9. The van der Waals surface area contributed by atoms with Crippen molar-refractivity contribution in [1.82, 2.24) is 15.0 Å². The van der Waals surface area contributed by atoms with E-state index >= 15 is 0 Å². The molecule has 2 heterocycles. The second kappa shape index (κ2) is 6.12. The highest BCUT2D eigenvalue weighted by molar-refractivity contribution is 7.13. The normalized spacial score (nSPS) is 14.4. The fourth-order valence-electron chi connectivity index (χ4n) is 2.78. The highest BCUT2D eigenvalue weighted by Crippen LogP contribution is 2.35. The summed E-state index contributed by atoms with van der Waals surface area (Å²) >= 11 is 1.18. The molecule has 2 aromatic rings. The molecular weight excluding hydrogens is 341 g/mol. The average molecular weight is 356 g/mol. The van der Waals surface area contributed by atoms with E-state index in [1.807, 2.05) is 0 Å². The Labute approximate surface area is 140 Å². The maximum absolute atomic E-state index is 13.3. The second-order valence-corrected chi connectivity index (χ2v) is 6.83. The molecule has 0 spiro atoms. The van der Waals surface area contributed by atoms with E-state index in [0.29, 0.717) is 40.5 Å². The van der Waals surface area contributed by atoms with E-state index in [4.69, 9.17) is 0 Å². The minimum absolute atomic E-state index is 0.150. The topological polar surface area (TPSA) is 67.8 Å². The van der Waals surface area contributed by atoms with E-state index in [1.165, 1.54) is 11.3 Å². The monoisotopic (exact) mass is 356 g/mol. The van der Waals surface area contributed by atoms with Gasteiger partial charge in [-0.1, -0.05) is 0 Å². The van der Waals surface area contributed by atoms with Gasteiger partial charge in [-0.05, 0) is 39.5 Å². The number of halogens is 3. The van der Waals surface area contributed by atoms with Crippen molar-refractivity contribution < 1.29 is 18.0 Å². The lowest BCUT2D eigenvalue weighted by Crippen LogP contribution is -2.22. The third-order valence-electron chi connectivity index (χ3n) is 3.79. The number of thiazole rings is 1. The fraction of sp³-hybridized carbons (Fsp3) is 0.467. The van der Waals surface area contributed by atoms with Gasteiger partial charge in [0.05, 0.1) is 10.7 Å². The van der Waals surface area contributed by atoms with Crippen LogP contribution in [0.1, 0.15) is 50.2 Å². The lowest BCUT2D eigenvalue weighted by molar-refractivity contribution is -0.142. The number of hydrogen-bond acceptors (Lipinski definition) is 5. The lowest BCUT2D eigenvalue weighted by Gasteiger charge is -2.20. The maximum Gasteiger partial charge on any atom is 0.433 e. The van der Waals surface area contributed by atoms with Crippen molar-refractivity contribution in [3.63, 3.8) is 0 Å². The number of rotatable bonds is 2. The van der Waals surface area contributed by atoms with Crippen LogP contribution in [0.5, 0.6) is 0 Å². The quantitative estimate of drug-likeness (QED) is 0.891. The summed E-state index contributed by atoms with van der Waals surface area (Å²) in [6.07, 6.45) is -2.33. The number of alkyl halides is 3. The maximum atomic E-state index is 13.3. The summed E-state index contributed by atoms with van der Waals surface area (Å²) in [5, 5.41) is 3.09. The fourth-order valence-corrected chi connectivity index (χ4v) is 3.60. The lowest BCUT2D eigenvalue weighted by atomic mass is 9.94. The smallest absolute Gasteiger partial charge is 0.290 e. The average Bonchev–Trinajstić information content (AvgIpc) is 2.84. The summed E-state index contributed by atoms with van der Waals surface area (Å²) in [5.41, 5.74) is 0.108. The minimum Gasteiger partial charge on any atom is -0.290 e. The number of nitrogens with zero attached hydrogens (tertiary/aromatic N) is 3. The van der Waals surface area contributed by atoms with Crippen LogP contribution in [0.15, 0.2) is 0 Å². The molecule has 0 radical (unpaired) electrons. The summed E-state index contributed by atoms with van der Waals surface area (Å²) < 4.78 is 39.8. The number of aromatic nitrogens is 3. The van der Waals surface area contributed by atoms with Crippen LogP contribution < -0.4 is 5.32 Å². The number of anilines is 1. The van der Waals surface area contributed by atoms with Gasteiger partial charge in [0.1, 0.15) is 4.88 Å². The Bertz CT molecular complexity index is 801. The molecule has 1 aliphatic rings. The Kier molecular flexibility index (Phi) is 4.29. The first-order chi connectivity index (χ1) is 11.3. The number of carbonyl (C=O) groups is 1. The first kappa shape index (κ1) is 16.8. The van der Waals surface area contributed by atoms with Crippen molar-refractivity contribution in [3.8, 4) is 0 Å². The molecule has 128 valence electrons. The number of carbonyl (C=O) groups excluding carboxylic acids is 1. The molecule has 0 bridgehead atoms. The zero-order chi connectivity index (χ0) is 17.5. The first-order valence-corrected chi connectivity index (χ1v) is 8.29. The highest BCUT2D eigenvalue weighted by Gasteiger charge is 2.38. The van der Waals surface area contributed by atoms with E-state index in [0.717, 1.165) is 6.42 Å². The van der Waals surface area contributed by atoms with Gasteiger partial charge in [-0.15, -0.1) is 11.3 Å². The molecule has 1 aliphatic carbocycles. The van der Waals surface area contributed by atoms with Gasteiger partial charge < -0.3 is 0 Å². The van der Waals surface area contributed by atoms with Crippen LogP contribution in [-0.2, 0) is 19.0 Å². The van der Waals surface area contributed by atoms with Crippen LogP contribution in [0.4, 0.5) is 19.1 Å². The van der Waals surface area contributed by atoms with Crippen molar-refractivity contribution in [3.05, 3.63) is 32.5 Å². The molecule has 1 N–H and O–H groups in total. The molecule has 0 saturated heterocycles. The van der Waals surface area contributed by atoms with Crippen molar-refractivity contribution in [2.24, 2.45) is 0 Å². The van der Waals surface area contributed by atoms with Crippen LogP contribution in [0.2, 0.25) is 0 Å². The predicted octanol–water partition coefficient (Wildman–Crippen LogP) is 3.70.